The van der Waals surface area contributed by atoms with Gasteiger partial charge in [0.2, 0.25) is 0 Å². The molecule has 1 rings (SSSR count). The summed E-state index contributed by atoms with van der Waals surface area (Å²) in [6.45, 7) is 3.77. The number of esters is 1. The first-order valence-electron chi connectivity index (χ1n) is 5.24. The fourth-order valence-electron chi connectivity index (χ4n) is 1.26. The van der Waals surface area contributed by atoms with Crippen molar-refractivity contribution >= 4 is 23.1 Å². The van der Waals surface area contributed by atoms with Gasteiger partial charge >= 0.3 is 5.97 Å². The molecule has 0 radical (unpaired) electrons. The number of carbonyl (C=O) groups is 2. The van der Waals surface area contributed by atoms with Crippen molar-refractivity contribution in [1.82, 2.24) is 0 Å². The summed E-state index contributed by atoms with van der Waals surface area (Å²) >= 11 is 1.46. The lowest BCUT2D eigenvalue weighted by molar-refractivity contribution is -0.140. The molecule has 1 aromatic heterocycles. The van der Waals surface area contributed by atoms with Crippen LogP contribution in [0, 0.1) is 5.92 Å². The van der Waals surface area contributed by atoms with Gasteiger partial charge in [0.05, 0.1) is 18.4 Å². The van der Waals surface area contributed by atoms with Gasteiger partial charge in [-0.25, -0.2) is 0 Å². The van der Waals surface area contributed by atoms with E-state index in [0.717, 1.165) is 9.75 Å². The van der Waals surface area contributed by atoms with Crippen molar-refractivity contribution in [2.75, 3.05) is 7.11 Å². The van der Waals surface area contributed by atoms with E-state index < -0.39 is 0 Å². The van der Waals surface area contributed by atoms with Gasteiger partial charge < -0.3 is 4.74 Å². The molecule has 3 nitrogen and oxygen atoms in total. The molecular weight excluding hydrogens is 224 g/mol. The molecule has 88 valence electrons. The predicted octanol–water partition coefficient (Wildman–Crippen LogP) is 2.69. The summed E-state index contributed by atoms with van der Waals surface area (Å²) in [6, 6.07) is 3.74. The maximum Gasteiger partial charge on any atom is 0.305 e. The Labute approximate surface area is 99.4 Å². The number of rotatable bonds is 5. The molecule has 0 saturated heterocycles. The molecular formula is C12H16O3S. The van der Waals surface area contributed by atoms with Crippen molar-refractivity contribution in [3.63, 3.8) is 0 Å². The van der Waals surface area contributed by atoms with E-state index in [0.29, 0.717) is 12.8 Å². The molecule has 0 spiro atoms. The van der Waals surface area contributed by atoms with Gasteiger partial charge in [0.25, 0.3) is 0 Å². The third-order valence-electron chi connectivity index (χ3n) is 2.23. The zero-order valence-electron chi connectivity index (χ0n) is 9.78. The highest BCUT2D eigenvalue weighted by atomic mass is 32.1. The molecule has 1 heterocycles. The second-order valence-corrected chi connectivity index (χ2v) is 5.03. The van der Waals surface area contributed by atoms with Gasteiger partial charge in [0, 0.05) is 10.8 Å². The molecule has 0 bridgehead atoms. The van der Waals surface area contributed by atoms with E-state index in [-0.39, 0.29) is 17.7 Å². The Hall–Kier alpha value is -1.16. The zero-order valence-corrected chi connectivity index (χ0v) is 10.6. The van der Waals surface area contributed by atoms with Gasteiger partial charge in [-0.15, -0.1) is 11.3 Å². The number of Topliss-reactive ketones (excluding diaryl/α,β-unsaturated/α-hetero) is 1. The lowest BCUT2D eigenvalue weighted by atomic mass is 10.1. The van der Waals surface area contributed by atoms with Crippen LogP contribution in [0.1, 0.15) is 34.8 Å². The maximum absolute atomic E-state index is 11.7. The van der Waals surface area contributed by atoms with Crippen LogP contribution in [0.15, 0.2) is 12.1 Å². The Bertz CT molecular complexity index is 379. The van der Waals surface area contributed by atoms with Crippen LogP contribution in [0.25, 0.3) is 0 Å². The lowest BCUT2D eigenvalue weighted by Gasteiger charge is -1.99. The molecule has 0 fully saturated rings. The Morgan fingerprint density at radius 3 is 2.62 bits per heavy atom. The Balaban J connectivity index is 2.58. The van der Waals surface area contributed by atoms with Crippen molar-refractivity contribution < 1.29 is 14.3 Å². The molecule has 0 aliphatic heterocycles. The summed E-state index contributed by atoms with van der Waals surface area (Å²) in [5, 5.41) is 0. The highest BCUT2D eigenvalue weighted by Crippen LogP contribution is 2.21. The minimum atomic E-state index is -0.217. The molecule has 0 N–H and O–H groups in total. The molecule has 0 unspecified atom stereocenters. The maximum atomic E-state index is 11.7. The van der Waals surface area contributed by atoms with Crippen molar-refractivity contribution in [3.8, 4) is 0 Å². The van der Waals surface area contributed by atoms with Gasteiger partial charge in [-0.05, 0) is 18.6 Å². The summed E-state index contributed by atoms with van der Waals surface area (Å²) in [6.07, 6.45) is 1.01. The number of ether oxygens (including phenoxy) is 1. The van der Waals surface area contributed by atoms with E-state index in [9.17, 15) is 9.59 Å². The standard InChI is InChI=1S/C12H16O3S/c1-8(2)12(14)10-6-4-9(16-10)5-7-11(13)15-3/h4,6,8H,5,7H2,1-3H3. The Morgan fingerprint density at radius 1 is 1.38 bits per heavy atom. The quantitative estimate of drug-likeness (QED) is 0.587. The third kappa shape index (κ3) is 3.45. The first-order valence-corrected chi connectivity index (χ1v) is 6.06. The number of hydrogen-bond donors (Lipinski definition) is 0. The number of aryl methyl sites for hydroxylation is 1. The number of methoxy groups -OCH3 is 1. The molecule has 16 heavy (non-hydrogen) atoms. The number of ketones is 1. The van der Waals surface area contributed by atoms with Crippen LogP contribution in [0.4, 0.5) is 0 Å². The summed E-state index contributed by atoms with van der Waals surface area (Å²) in [5.74, 6) is -0.0356. The average Bonchev–Trinajstić information content (AvgIpc) is 2.73. The van der Waals surface area contributed by atoms with Crippen molar-refractivity contribution in [2.45, 2.75) is 26.7 Å². The van der Waals surface area contributed by atoms with Gasteiger partial charge in [-0.3, -0.25) is 9.59 Å². The second kappa shape index (κ2) is 5.80. The molecule has 0 aromatic carbocycles. The fourth-order valence-corrected chi connectivity index (χ4v) is 2.35. The van der Waals surface area contributed by atoms with Crippen LogP contribution in [0.2, 0.25) is 0 Å². The normalized spacial score (nSPS) is 10.5. The van der Waals surface area contributed by atoms with Gasteiger partial charge in [-0.2, -0.15) is 0 Å². The van der Waals surface area contributed by atoms with E-state index in [2.05, 4.69) is 4.74 Å². The van der Waals surface area contributed by atoms with Gasteiger partial charge in [0.1, 0.15) is 0 Å². The number of thiophene rings is 1. The van der Waals surface area contributed by atoms with E-state index in [1.165, 1.54) is 18.4 Å². The summed E-state index contributed by atoms with van der Waals surface area (Å²) in [7, 11) is 1.38. The minimum absolute atomic E-state index is 0.0205. The zero-order chi connectivity index (χ0) is 12.1. The van der Waals surface area contributed by atoms with E-state index in [1.807, 2.05) is 26.0 Å². The smallest absolute Gasteiger partial charge is 0.305 e. The van der Waals surface area contributed by atoms with Crippen LogP contribution in [0.5, 0.6) is 0 Å². The first kappa shape index (κ1) is 12.9. The van der Waals surface area contributed by atoms with Crippen LogP contribution in [-0.4, -0.2) is 18.9 Å². The molecule has 0 aliphatic carbocycles. The molecule has 0 atom stereocenters. The number of carbonyl (C=O) groups excluding carboxylic acids is 2. The van der Waals surface area contributed by atoms with Crippen molar-refractivity contribution in [2.24, 2.45) is 5.92 Å². The summed E-state index contributed by atoms with van der Waals surface area (Å²) in [4.78, 5) is 24.4. The summed E-state index contributed by atoms with van der Waals surface area (Å²) < 4.78 is 4.56. The molecule has 4 heteroatoms. The second-order valence-electron chi connectivity index (χ2n) is 3.86. The van der Waals surface area contributed by atoms with E-state index in [1.54, 1.807) is 0 Å². The van der Waals surface area contributed by atoms with Crippen LogP contribution < -0.4 is 0 Å². The van der Waals surface area contributed by atoms with Crippen LogP contribution >= 0.6 is 11.3 Å². The fraction of sp³-hybridized carbons (Fsp3) is 0.500. The number of hydrogen-bond acceptors (Lipinski definition) is 4. The van der Waals surface area contributed by atoms with Gasteiger partial charge in [-0.1, -0.05) is 13.8 Å². The largest absolute Gasteiger partial charge is 0.469 e. The van der Waals surface area contributed by atoms with E-state index in [4.69, 9.17) is 0 Å². The first-order chi connectivity index (χ1) is 7.54. The van der Waals surface area contributed by atoms with Crippen LogP contribution in [0.3, 0.4) is 0 Å². The Morgan fingerprint density at radius 2 is 2.06 bits per heavy atom. The van der Waals surface area contributed by atoms with E-state index >= 15 is 0 Å². The van der Waals surface area contributed by atoms with Gasteiger partial charge in [0.15, 0.2) is 5.78 Å². The lowest BCUT2D eigenvalue weighted by Crippen LogP contribution is -2.04. The molecule has 0 amide bonds. The molecule has 1 aromatic rings. The monoisotopic (exact) mass is 240 g/mol. The minimum Gasteiger partial charge on any atom is -0.469 e. The predicted molar refractivity (Wildman–Crippen MR) is 63.8 cm³/mol. The molecule has 0 saturated carbocycles. The highest BCUT2D eigenvalue weighted by molar-refractivity contribution is 7.14. The topological polar surface area (TPSA) is 43.4 Å². The van der Waals surface area contributed by atoms with Crippen LogP contribution in [-0.2, 0) is 16.0 Å². The molecule has 0 aliphatic rings. The average molecular weight is 240 g/mol. The third-order valence-corrected chi connectivity index (χ3v) is 3.39. The van der Waals surface area contributed by atoms with Crippen molar-refractivity contribution in [1.29, 1.82) is 0 Å². The summed E-state index contributed by atoms with van der Waals surface area (Å²) in [5.41, 5.74) is 0. The Kier molecular flexibility index (Phi) is 4.68. The highest BCUT2D eigenvalue weighted by Gasteiger charge is 2.13. The van der Waals surface area contributed by atoms with Crippen molar-refractivity contribution in [3.05, 3.63) is 21.9 Å². The SMILES string of the molecule is COC(=O)CCc1ccc(C(=O)C(C)C)s1.